The molecule has 0 aliphatic rings. The van der Waals surface area contributed by atoms with E-state index in [4.69, 9.17) is 9.72 Å². The molecule has 0 spiro atoms. The average Bonchev–Trinajstić information content (AvgIpc) is 2.70. The van der Waals surface area contributed by atoms with Crippen molar-refractivity contribution < 1.29 is 9.53 Å². The lowest BCUT2D eigenvalue weighted by atomic mass is 10.1. The van der Waals surface area contributed by atoms with Crippen molar-refractivity contribution in [3.05, 3.63) is 63.9 Å². The quantitative estimate of drug-likeness (QED) is 0.367. The molecule has 0 fully saturated rings. The highest BCUT2D eigenvalue weighted by molar-refractivity contribution is 8.00. The number of hydrogen-bond donors (Lipinski definition) is 1. The van der Waals surface area contributed by atoms with E-state index >= 15 is 0 Å². The maximum Gasteiger partial charge on any atom is 0.266 e. The molecule has 1 heterocycles. The van der Waals surface area contributed by atoms with E-state index in [9.17, 15) is 9.59 Å². The third kappa shape index (κ3) is 4.68. The number of carbonyl (C=O) groups is 1. The number of amides is 1. The molecular weight excluding hydrogens is 386 g/mol. The monoisotopic (exact) mass is 411 g/mol. The molecule has 1 amide bonds. The highest BCUT2D eigenvalue weighted by Gasteiger charge is 2.20. The first-order chi connectivity index (χ1) is 13.9. The number of methoxy groups -OCH3 is 1. The van der Waals surface area contributed by atoms with Crippen LogP contribution in [-0.4, -0.2) is 41.0 Å². The van der Waals surface area contributed by atoms with Crippen LogP contribution in [0.2, 0.25) is 0 Å². The van der Waals surface area contributed by atoms with Crippen molar-refractivity contribution in [2.75, 3.05) is 20.3 Å². The fraction of sp³-hybridized carbons (Fsp3) is 0.318. The van der Waals surface area contributed by atoms with Crippen molar-refractivity contribution in [1.82, 2.24) is 14.9 Å². The van der Waals surface area contributed by atoms with Gasteiger partial charge in [-0.3, -0.25) is 14.2 Å². The van der Waals surface area contributed by atoms with Crippen LogP contribution in [0.5, 0.6) is 0 Å². The molecule has 7 heteroatoms. The van der Waals surface area contributed by atoms with Crippen LogP contribution in [0.15, 0.2) is 52.4 Å². The molecular formula is C22H25N3O3S. The Balaban J connectivity index is 2.09. The van der Waals surface area contributed by atoms with E-state index in [-0.39, 0.29) is 11.5 Å². The van der Waals surface area contributed by atoms with E-state index in [2.05, 4.69) is 5.32 Å². The smallest absolute Gasteiger partial charge is 0.266 e. The minimum atomic E-state index is -0.420. The first-order valence-corrected chi connectivity index (χ1v) is 10.3. The van der Waals surface area contributed by atoms with Crippen molar-refractivity contribution in [3.8, 4) is 5.69 Å². The van der Waals surface area contributed by atoms with E-state index in [1.807, 2.05) is 57.2 Å². The van der Waals surface area contributed by atoms with Crippen LogP contribution in [0, 0.1) is 13.8 Å². The molecule has 0 radical (unpaired) electrons. The normalized spacial score (nSPS) is 12.1. The molecule has 0 saturated carbocycles. The number of aromatic nitrogens is 2. The summed E-state index contributed by atoms with van der Waals surface area (Å²) in [4.78, 5) is 30.5. The van der Waals surface area contributed by atoms with Gasteiger partial charge >= 0.3 is 0 Å². The number of fused-ring (bicyclic) bond motifs is 1. The molecule has 152 valence electrons. The lowest BCUT2D eigenvalue weighted by Crippen LogP contribution is -2.34. The van der Waals surface area contributed by atoms with Crippen molar-refractivity contribution in [1.29, 1.82) is 0 Å². The Bertz CT molecular complexity index is 1090. The van der Waals surface area contributed by atoms with Crippen LogP contribution < -0.4 is 10.9 Å². The lowest BCUT2D eigenvalue weighted by molar-refractivity contribution is -0.120. The van der Waals surface area contributed by atoms with E-state index in [0.29, 0.717) is 29.2 Å². The Morgan fingerprint density at radius 1 is 1.24 bits per heavy atom. The second-order valence-electron chi connectivity index (χ2n) is 6.89. The molecule has 0 saturated heterocycles. The average molecular weight is 412 g/mol. The Morgan fingerprint density at radius 3 is 2.76 bits per heavy atom. The summed E-state index contributed by atoms with van der Waals surface area (Å²) in [5, 5.41) is 3.46. The molecule has 3 rings (SSSR count). The molecule has 1 aromatic heterocycles. The van der Waals surface area contributed by atoms with Crippen LogP contribution in [-0.2, 0) is 9.53 Å². The van der Waals surface area contributed by atoms with Gasteiger partial charge in [-0.2, -0.15) is 0 Å². The summed E-state index contributed by atoms with van der Waals surface area (Å²) in [6, 6.07) is 13.3. The van der Waals surface area contributed by atoms with Gasteiger partial charge in [0.2, 0.25) is 5.91 Å². The number of ether oxygens (including phenoxy) is 1. The predicted octanol–water partition coefficient (Wildman–Crippen LogP) is 3.25. The van der Waals surface area contributed by atoms with Gasteiger partial charge in [-0.15, -0.1) is 0 Å². The predicted molar refractivity (Wildman–Crippen MR) is 117 cm³/mol. The largest absolute Gasteiger partial charge is 0.383 e. The van der Waals surface area contributed by atoms with Gasteiger partial charge in [0.1, 0.15) is 0 Å². The zero-order valence-corrected chi connectivity index (χ0v) is 17.9. The lowest BCUT2D eigenvalue weighted by Gasteiger charge is -2.18. The summed E-state index contributed by atoms with van der Waals surface area (Å²) in [6.07, 6.45) is 0. The maximum atomic E-state index is 13.4. The molecule has 2 aromatic carbocycles. The summed E-state index contributed by atoms with van der Waals surface area (Å²) < 4.78 is 6.60. The highest BCUT2D eigenvalue weighted by Crippen LogP contribution is 2.26. The summed E-state index contributed by atoms with van der Waals surface area (Å²) in [5.74, 6) is -0.123. The summed E-state index contributed by atoms with van der Waals surface area (Å²) in [5.41, 5.74) is 3.27. The van der Waals surface area contributed by atoms with E-state index in [1.165, 1.54) is 11.8 Å². The number of benzene rings is 2. The minimum absolute atomic E-state index is 0.123. The van der Waals surface area contributed by atoms with Gasteiger partial charge in [0.05, 0.1) is 28.4 Å². The fourth-order valence-electron chi connectivity index (χ4n) is 3.00. The number of aryl methyl sites for hydroxylation is 2. The van der Waals surface area contributed by atoms with Crippen molar-refractivity contribution in [2.45, 2.75) is 31.2 Å². The molecule has 0 unspecified atom stereocenters. The van der Waals surface area contributed by atoms with Gasteiger partial charge in [-0.25, -0.2) is 4.98 Å². The SMILES string of the molecule is COCCNC(=O)[C@@H](C)Sc1nc2ccccc2c(=O)n1-c1cc(C)ccc1C. The fourth-order valence-corrected chi connectivity index (χ4v) is 3.94. The highest BCUT2D eigenvalue weighted by atomic mass is 32.2. The van der Waals surface area contributed by atoms with Crippen molar-refractivity contribution in [2.24, 2.45) is 0 Å². The van der Waals surface area contributed by atoms with E-state index in [1.54, 1.807) is 17.7 Å². The first kappa shape index (κ1) is 21.1. The number of nitrogens with one attached hydrogen (secondary N) is 1. The number of carbonyl (C=O) groups excluding carboxylic acids is 1. The number of hydrogen-bond acceptors (Lipinski definition) is 5. The molecule has 3 aromatic rings. The van der Waals surface area contributed by atoms with Gasteiger partial charge in [0.15, 0.2) is 5.16 Å². The van der Waals surface area contributed by atoms with Crippen LogP contribution >= 0.6 is 11.8 Å². The number of thioether (sulfide) groups is 1. The molecule has 0 bridgehead atoms. The molecule has 29 heavy (non-hydrogen) atoms. The molecule has 0 aliphatic heterocycles. The van der Waals surface area contributed by atoms with Crippen molar-refractivity contribution >= 4 is 28.6 Å². The van der Waals surface area contributed by atoms with Crippen molar-refractivity contribution in [3.63, 3.8) is 0 Å². The van der Waals surface area contributed by atoms with Crippen LogP contribution in [0.4, 0.5) is 0 Å². The zero-order valence-electron chi connectivity index (χ0n) is 17.1. The standard InChI is InChI=1S/C22H25N3O3S/c1-14-9-10-15(2)19(13-14)25-21(27)17-7-5-6-8-18(17)24-22(25)29-16(3)20(26)23-11-12-28-4/h5-10,13,16H,11-12H2,1-4H3,(H,23,26)/t16-/m1/s1. The Kier molecular flexibility index (Phi) is 6.71. The second-order valence-corrected chi connectivity index (χ2v) is 8.19. The number of rotatable bonds is 7. The van der Waals surface area contributed by atoms with Gasteiger partial charge in [-0.1, -0.05) is 36.0 Å². The Labute approximate surface area is 174 Å². The Morgan fingerprint density at radius 2 is 2.00 bits per heavy atom. The van der Waals surface area contributed by atoms with Crippen LogP contribution in [0.3, 0.4) is 0 Å². The maximum absolute atomic E-state index is 13.4. The van der Waals surface area contributed by atoms with Crippen LogP contribution in [0.25, 0.3) is 16.6 Å². The van der Waals surface area contributed by atoms with Gasteiger partial charge in [-0.05, 0) is 50.1 Å². The second kappa shape index (κ2) is 9.24. The van der Waals surface area contributed by atoms with Gasteiger partial charge in [0.25, 0.3) is 5.56 Å². The summed E-state index contributed by atoms with van der Waals surface area (Å²) in [7, 11) is 1.59. The first-order valence-electron chi connectivity index (χ1n) is 9.45. The minimum Gasteiger partial charge on any atom is -0.383 e. The zero-order chi connectivity index (χ0) is 21.0. The molecule has 1 N–H and O–H groups in total. The number of nitrogens with zero attached hydrogens (tertiary/aromatic N) is 2. The Hall–Kier alpha value is -2.64. The molecule has 0 aliphatic carbocycles. The van der Waals surface area contributed by atoms with E-state index < -0.39 is 5.25 Å². The molecule has 6 nitrogen and oxygen atoms in total. The summed E-state index contributed by atoms with van der Waals surface area (Å²) in [6.45, 7) is 6.65. The third-order valence-corrected chi connectivity index (χ3v) is 5.66. The molecule has 1 atom stereocenters. The van der Waals surface area contributed by atoms with Gasteiger partial charge in [0, 0.05) is 13.7 Å². The van der Waals surface area contributed by atoms with E-state index in [0.717, 1.165) is 16.8 Å². The third-order valence-electron chi connectivity index (χ3n) is 4.61. The van der Waals surface area contributed by atoms with Gasteiger partial charge < -0.3 is 10.1 Å². The summed E-state index contributed by atoms with van der Waals surface area (Å²) >= 11 is 1.27. The topological polar surface area (TPSA) is 73.2 Å². The van der Waals surface area contributed by atoms with Crippen LogP contribution in [0.1, 0.15) is 18.1 Å². The number of para-hydroxylation sites is 1.